The van der Waals surface area contributed by atoms with E-state index in [1.165, 1.54) is 32.1 Å². The van der Waals surface area contributed by atoms with E-state index in [0.29, 0.717) is 12.7 Å². The second-order valence-electron chi connectivity index (χ2n) is 4.48. The normalized spacial score (nSPS) is 13.4. The fourth-order valence-electron chi connectivity index (χ4n) is 1.37. The molecule has 0 heterocycles. The summed E-state index contributed by atoms with van der Waals surface area (Å²) in [6.45, 7) is 10.0. The first-order valence-corrected chi connectivity index (χ1v) is 6.40. The summed E-state index contributed by atoms with van der Waals surface area (Å²) in [5.41, 5.74) is 0. The molecule has 2 nitrogen and oxygen atoms in total. The van der Waals surface area contributed by atoms with Crippen molar-refractivity contribution in [2.75, 3.05) is 13.2 Å². The van der Waals surface area contributed by atoms with Crippen molar-refractivity contribution in [3.8, 4) is 0 Å². The number of rotatable bonds is 10. The van der Waals surface area contributed by atoms with Gasteiger partial charge in [-0.2, -0.15) is 0 Å². The summed E-state index contributed by atoms with van der Waals surface area (Å²) in [4.78, 5) is 0. The SMILES string of the molecule is CCCCCCCOC(C)COC(C)C. The Kier molecular flexibility index (Phi) is 10.4. The first-order chi connectivity index (χ1) is 7.16. The molecule has 0 aliphatic heterocycles. The van der Waals surface area contributed by atoms with Crippen LogP contribution in [0, 0.1) is 0 Å². The third kappa shape index (κ3) is 11.8. The van der Waals surface area contributed by atoms with Gasteiger partial charge in [0.1, 0.15) is 0 Å². The molecule has 0 bridgehead atoms. The van der Waals surface area contributed by atoms with Crippen molar-refractivity contribution in [3.63, 3.8) is 0 Å². The van der Waals surface area contributed by atoms with Gasteiger partial charge >= 0.3 is 0 Å². The van der Waals surface area contributed by atoms with Crippen molar-refractivity contribution in [2.24, 2.45) is 0 Å². The summed E-state index contributed by atoms with van der Waals surface area (Å²) in [5.74, 6) is 0. The first-order valence-electron chi connectivity index (χ1n) is 6.40. The van der Waals surface area contributed by atoms with Gasteiger partial charge in [0.25, 0.3) is 0 Å². The van der Waals surface area contributed by atoms with Crippen molar-refractivity contribution >= 4 is 0 Å². The Morgan fingerprint density at radius 3 is 2.13 bits per heavy atom. The highest BCUT2D eigenvalue weighted by atomic mass is 16.5. The summed E-state index contributed by atoms with van der Waals surface area (Å²) >= 11 is 0. The van der Waals surface area contributed by atoms with E-state index in [1.54, 1.807) is 0 Å². The molecule has 0 radical (unpaired) electrons. The van der Waals surface area contributed by atoms with Gasteiger partial charge in [0.15, 0.2) is 0 Å². The van der Waals surface area contributed by atoms with Crippen LogP contribution < -0.4 is 0 Å². The summed E-state index contributed by atoms with van der Waals surface area (Å²) in [5, 5.41) is 0. The van der Waals surface area contributed by atoms with Gasteiger partial charge in [0, 0.05) is 6.61 Å². The Balaban J connectivity index is 3.13. The predicted molar refractivity (Wildman–Crippen MR) is 65.3 cm³/mol. The van der Waals surface area contributed by atoms with E-state index in [4.69, 9.17) is 9.47 Å². The zero-order valence-corrected chi connectivity index (χ0v) is 10.9. The molecular weight excluding hydrogens is 188 g/mol. The molecule has 0 aliphatic rings. The van der Waals surface area contributed by atoms with Crippen LogP contribution in [0.25, 0.3) is 0 Å². The van der Waals surface area contributed by atoms with Crippen LogP contribution in [0.15, 0.2) is 0 Å². The average Bonchev–Trinajstić information content (AvgIpc) is 2.20. The van der Waals surface area contributed by atoms with E-state index in [-0.39, 0.29) is 6.10 Å². The second kappa shape index (κ2) is 10.4. The minimum absolute atomic E-state index is 0.235. The first kappa shape index (κ1) is 14.9. The van der Waals surface area contributed by atoms with Gasteiger partial charge in [-0.25, -0.2) is 0 Å². The van der Waals surface area contributed by atoms with E-state index < -0.39 is 0 Å². The lowest BCUT2D eigenvalue weighted by molar-refractivity contribution is -0.0273. The zero-order valence-electron chi connectivity index (χ0n) is 10.9. The molecule has 0 amide bonds. The van der Waals surface area contributed by atoms with E-state index in [1.807, 2.05) is 0 Å². The monoisotopic (exact) mass is 216 g/mol. The highest BCUT2D eigenvalue weighted by Gasteiger charge is 2.03. The number of hydrogen-bond acceptors (Lipinski definition) is 2. The Morgan fingerprint density at radius 1 is 0.867 bits per heavy atom. The van der Waals surface area contributed by atoms with E-state index in [2.05, 4.69) is 27.7 Å². The Morgan fingerprint density at radius 2 is 1.53 bits per heavy atom. The molecule has 0 saturated heterocycles. The number of ether oxygens (including phenoxy) is 2. The van der Waals surface area contributed by atoms with Crippen LogP contribution in [0.4, 0.5) is 0 Å². The third-order valence-electron chi connectivity index (χ3n) is 2.31. The lowest BCUT2D eigenvalue weighted by Crippen LogP contribution is -2.19. The summed E-state index contributed by atoms with van der Waals surface area (Å²) in [7, 11) is 0. The smallest absolute Gasteiger partial charge is 0.0780 e. The van der Waals surface area contributed by atoms with Crippen molar-refractivity contribution in [3.05, 3.63) is 0 Å². The van der Waals surface area contributed by atoms with Crippen molar-refractivity contribution < 1.29 is 9.47 Å². The van der Waals surface area contributed by atoms with Gasteiger partial charge in [-0.05, 0) is 27.2 Å². The molecule has 0 aromatic rings. The van der Waals surface area contributed by atoms with Crippen LogP contribution in [0.2, 0.25) is 0 Å². The maximum absolute atomic E-state index is 5.65. The molecule has 0 rings (SSSR count). The van der Waals surface area contributed by atoms with Crippen LogP contribution in [0.5, 0.6) is 0 Å². The molecule has 0 saturated carbocycles. The zero-order chi connectivity index (χ0) is 11.5. The van der Waals surface area contributed by atoms with Crippen LogP contribution in [-0.4, -0.2) is 25.4 Å². The molecule has 0 N–H and O–H groups in total. The summed E-state index contributed by atoms with van der Waals surface area (Å²) in [6, 6.07) is 0. The summed E-state index contributed by atoms with van der Waals surface area (Å²) < 4.78 is 11.1. The largest absolute Gasteiger partial charge is 0.376 e. The van der Waals surface area contributed by atoms with Gasteiger partial charge in [0.05, 0.1) is 18.8 Å². The highest BCUT2D eigenvalue weighted by molar-refractivity contribution is 4.50. The fraction of sp³-hybridized carbons (Fsp3) is 1.00. The van der Waals surface area contributed by atoms with Crippen molar-refractivity contribution in [2.45, 2.75) is 72.0 Å². The topological polar surface area (TPSA) is 18.5 Å². The van der Waals surface area contributed by atoms with Gasteiger partial charge in [-0.1, -0.05) is 32.6 Å². The maximum Gasteiger partial charge on any atom is 0.0780 e. The van der Waals surface area contributed by atoms with Crippen molar-refractivity contribution in [1.29, 1.82) is 0 Å². The molecule has 0 aromatic carbocycles. The van der Waals surface area contributed by atoms with E-state index >= 15 is 0 Å². The minimum atomic E-state index is 0.235. The molecular formula is C13H28O2. The molecule has 1 atom stereocenters. The molecule has 0 aromatic heterocycles. The van der Waals surface area contributed by atoms with Gasteiger partial charge in [0.2, 0.25) is 0 Å². The van der Waals surface area contributed by atoms with Gasteiger partial charge < -0.3 is 9.47 Å². The summed E-state index contributed by atoms with van der Waals surface area (Å²) in [6.07, 6.45) is 7.03. The number of unbranched alkanes of at least 4 members (excludes halogenated alkanes) is 4. The van der Waals surface area contributed by atoms with E-state index in [0.717, 1.165) is 6.61 Å². The van der Waals surface area contributed by atoms with Crippen LogP contribution in [0.1, 0.15) is 59.8 Å². The van der Waals surface area contributed by atoms with Crippen LogP contribution in [-0.2, 0) is 9.47 Å². The Labute approximate surface area is 95.3 Å². The van der Waals surface area contributed by atoms with E-state index in [9.17, 15) is 0 Å². The predicted octanol–water partition coefficient (Wildman–Crippen LogP) is 3.79. The van der Waals surface area contributed by atoms with Crippen molar-refractivity contribution in [1.82, 2.24) is 0 Å². The standard InChI is InChI=1S/C13H28O2/c1-5-6-7-8-9-10-14-13(4)11-15-12(2)3/h12-13H,5-11H2,1-4H3. The number of hydrogen-bond donors (Lipinski definition) is 0. The quantitative estimate of drug-likeness (QED) is 0.517. The maximum atomic E-state index is 5.65. The van der Waals surface area contributed by atoms with Crippen LogP contribution in [0.3, 0.4) is 0 Å². The average molecular weight is 216 g/mol. The lowest BCUT2D eigenvalue weighted by Gasteiger charge is -2.15. The van der Waals surface area contributed by atoms with Crippen LogP contribution >= 0.6 is 0 Å². The fourth-order valence-corrected chi connectivity index (χ4v) is 1.37. The third-order valence-corrected chi connectivity index (χ3v) is 2.31. The second-order valence-corrected chi connectivity index (χ2v) is 4.48. The molecule has 1 unspecified atom stereocenters. The molecule has 92 valence electrons. The van der Waals surface area contributed by atoms with Gasteiger partial charge in [-0.15, -0.1) is 0 Å². The molecule has 0 aliphatic carbocycles. The molecule has 0 fully saturated rings. The molecule has 0 spiro atoms. The highest BCUT2D eigenvalue weighted by Crippen LogP contribution is 2.04. The minimum Gasteiger partial charge on any atom is -0.376 e. The molecule has 2 heteroatoms. The van der Waals surface area contributed by atoms with Gasteiger partial charge in [-0.3, -0.25) is 0 Å². The lowest BCUT2D eigenvalue weighted by atomic mass is 10.2. The molecule has 15 heavy (non-hydrogen) atoms. The Hall–Kier alpha value is -0.0800. The Bertz CT molecular complexity index is 124.